The minimum atomic E-state index is -3.54. The molecule has 116 valence electrons. The summed E-state index contributed by atoms with van der Waals surface area (Å²) in [5.74, 6) is -0.151. The lowest BCUT2D eigenvalue weighted by Crippen LogP contribution is -2.31. The lowest BCUT2D eigenvalue weighted by Gasteiger charge is -2.23. The second-order valence-corrected chi connectivity index (χ2v) is 7.15. The average Bonchev–Trinajstić information content (AvgIpc) is 2.56. The molecular weight excluding hydrogens is 298 g/mol. The third-order valence-corrected chi connectivity index (χ3v) is 5.42. The molecule has 22 heavy (non-hydrogen) atoms. The number of sulfonamides is 1. The first kappa shape index (κ1) is 16.4. The minimum Gasteiger partial charge on any atom is -0.303 e. The molecule has 0 saturated heterocycles. The van der Waals surface area contributed by atoms with Crippen molar-refractivity contribution in [1.29, 1.82) is 0 Å². The fraction of sp³-hybridized carbons (Fsp3) is 0.235. The van der Waals surface area contributed by atoms with Gasteiger partial charge in [0.05, 0.1) is 4.90 Å². The highest BCUT2D eigenvalue weighted by Gasteiger charge is 2.24. The zero-order valence-corrected chi connectivity index (χ0v) is 13.2. The van der Waals surface area contributed by atoms with Gasteiger partial charge in [-0.2, -0.15) is 0 Å². The van der Waals surface area contributed by atoms with E-state index < -0.39 is 10.0 Å². The van der Waals surface area contributed by atoms with E-state index in [1.54, 1.807) is 37.4 Å². The molecule has 0 unspecified atom stereocenters. The predicted octanol–water partition coefficient (Wildman–Crippen LogP) is 2.68. The highest BCUT2D eigenvalue weighted by atomic mass is 32.2. The van der Waals surface area contributed by atoms with Crippen LogP contribution in [0.4, 0.5) is 0 Å². The maximum absolute atomic E-state index is 12.5. The third-order valence-electron chi connectivity index (χ3n) is 3.58. The second-order valence-electron chi connectivity index (χ2n) is 5.11. The zero-order chi connectivity index (χ0) is 16.0. The lowest BCUT2D eigenvalue weighted by molar-refractivity contribution is -0.108. The first-order valence-corrected chi connectivity index (χ1v) is 8.49. The van der Waals surface area contributed by atoms with Crippen LogP contribution in [0.15, 0.2) is 65.6 Å². The van der Waals surface area contributed by atoms with E-state index in [1.807, 2.05) is 30.3 Å². The van der Waals surface area contributed by atoms with E-state index in [2.05, 4.69) is 0 Å². The molecule has 2 aromatic carbocycles. The van der Waals surface area contributed by atoms with Gasteiger partial charge in [-0.25, -0.2) is 12.7 Å². The Morgan fingerprint density at radius 3 is 2.09 bits per heavy atom. The van der Waals surface area contributed by atoms with Crippen LogP contribution in [0, 0.1) is 0 Å². The number of rotatable bonds is 7. The SMILES string of the molecule is CN(C[C@H](CC=O)c1ccccc1)S(=O)(=O)c1ccccc1. The number of nitrogens with zero attached hydrogens (tertiary/aromatic N) is 1. The largest absolute Gasteiger partial charge is 0.303 e. The third kappa shape index (κ3) is 3.81. The van der Waals surface area contributed by atoms with Gasteiger partial charge < -0.3 is 4.79 Å². The number of benzene rings is 2. The van der Waals surface area contributed by atoms with E-state index in [4.69, 9.17) is 0 Å². The van der Waals surface area contributed by atoms with Crippen LogP contribution < -0.4 is 0 Å². The van der Waals surface area contributed by atoms with Crippen LogP contribution in [-0.2, 0) is 14.8 Å². The molecule has 0 radical (unpaired) electrons. The normalized spacial score (nSPS) is 13.0. The van der Waals surface area contributed by atoms with Gasteiger partial charge in [0, 0.05) is 25.9 Å². The molecule has 0 heterocycles. The first-order chi connectivity index (χ1) is 10.6. The van der Waals surface area contributed by atoms with E-state index in [-0.39, 0.29) is 17.4 Å². The van der Waals surface area contributed by atoms with E-state index in [9.17, 15) is 13.2 Å². The Balaban J connectivity index is 2.21. The maximum atomic E-state index is 12.5. The number of hydrogen-bond acceptors (Lipinski definition) is 3. The highest BCUT2D eigenvalue weighted by molar-refractivity contribution is 7.89. The van der Waals surface area contributed by atoms with Crippen LogP contribution in [0.5, 0.6) is 0 Å². The van der Waals surface area contributed by atoms with E-state index in [0.29, 0.717) is 6.42 Å². The fourth-order valence-electron chi connectivity index (χ4n) is 2.34. The smallest absolute Gasteiger partial charge is 0.242 e. The molecular formula is C17H19NO3S. The summed E-state index contributed by atoms with van der Waals surface area (Å²) in [6, 6.07) is 17.8. The van der Waals surface area contributed by atoms with Crippen LogP contribution >= 0.6 is 0 Å². The van der Waals surface area contributed by atoms with Crippen LogP contribution in [0.1, 0.15) is 17.9 Å². The molecule has 2 aromatic rings. The molecule has 0 bridgehead atoms. The van der Waals surface area contributed by atoms with Crippen molar-refractivity contribution < 1.29 is 13.2 Å². The summed E-state index contributed by atoms with van der Waals surface area (Å²) < 4.78 is 26.4. The summed E-state index contributed by atoms with van der Waals surface area (Å²) in [6.07, 6.45) is 1.12. The molecule has 2 rings (SSSR count). The van der Waals surface area contributed by atoms with Crippen molar-refractivity contribution in [1.82, 2.24) is 4.31 Å². The Morgan fingerprint density at radius 2 is 1.55 bits per heavy atom. The van der Waals surface area contributed by atoms with Crippen molar-refractivity contribution in [3.05, 3.63) is 66.2 Å². The average molecular weight is 317 g/mol. The Hall–Kier alpha value is -1.98. The lowest BCUT2D eigenvalue weighted by atomic mass is 9.96. The number of carbonyl (C=O) groups is 1. The number of likely N-dealkylation sites (N-methyl/N-ethyl adjacent to an activating group) is 1. The summed E-state index contributed by atoms with van der Waals surface area (Å²) >= 11 is 0. The summed E-state index contributed by atoms with van der Waals surface area (Å²) in [4.78, 5) is 11.2. The molecule has 0 saturated carbocycles. The summed E-state index contributed by atoms with van der Waals surface area (Å²) in [7, 11) is -2.00. The molecule has 0 fully saturated rings. The van der Waals surface area contributed by atoms with E-state index >= 15 is 0 Å². The van der Waals surface area contributed by atoms with Gasteiger partial charge in [-0.05, 0) is 17.7 Å². The van der Waals surface area contributed by atoms with Crippen molar-refractivity contribution in [2.75, 3.05) is 13.6 Å². The molecule has 0 aliphatic carbocycles. The van der Waals surface area contributed by atoms with Crippen LogP contribution in [-0.4, -0.2) is 32.6 Å². The molecule has 0 aliphatic heterocycles. The van der Waals surface area contributed by atoms with Gasteiger partial charge in [-0.3, -0.25) is 0 Å². The van der Waals surface area contributed by atoms with Crippen LogP contribution in [0.3, 0.4) is 0 Å². The van der Waals surface area contributed by atoms with E-state index in [0.717, 1.165) is 11.8 Å². The Kier molecular flexibility index (Phi) is 5.46. The molecule has 0 spiro atoms. The van der Waals surface area contributed by atoms with Crippen LogP contribution in [0.2, 0.25) is 0 Å². The monoisotopic (exact) mass is 317 g/mol. The van der Waals surface area contributed by atoms with Gasteiger partial charge in [-0.15, -0.1) is 0 Å². The molecule has 0 N–H and O–H groups in total. The minimum absolute atomic E-state index is 0.151. The Labute approximate surface area is 131 Å². The molecule has 5 heteroatoms. The predicted molar refractivity (Wildman–Crippen MR) is 86.1 cm³/mol. The van der Waals surface area contributed by atoms with Crippen molar-refractivity contribution in [3.63, 3.8) is 0 Å². The molecule has 0 aromatic heterocycles. The Morgan fingerprint density at radius 1 is 1.00 bits per heavy atom. The highest BCUT2D eigenvalue weighted by Crippen LogP contribution is 2.22. The Bertz CT molecular complexity index is 699. The fourth-order valence-corrected chi connectivity index (χ4v) is 3.58. The number of hydrogen-bond donors (Lipinski definition) is 0. The van der Waals surface area contributed by atoms with Crippen molar-refractivity contribution in [3.8, 4) is 0 Å². The summed E-state index contributed by atoms with van der Waals surface area (Å²) in [5.41, 5.74) is 0.963. The molecule has 4 nitrogen and oxygen atoms in total. The van der Waals surface area contributed by atoms with Crippen molar-refractivity contribution in [2.45, 2.75) is 17.2 Å². The first-order valence-electron chi connectivity index (χ1n) is 7.05. The molecule has 0 aliphatic rings. The van der Waals surface area contributed by atoms with Gasteiger partial charge in [0.15, 0.2) is 0 Å². The topological polar surface area (TPSA) is 54.5 Å². The molecule has 0 amide bonds. The van der Waals surface area contributed by atoms with Gasteiger partial charge in [-0.1, -0.05) is 48.5 Å². The van der Waals surface area contributed by atoms with E-state index in [1.165, 1.54) is 4.31 Å². The van der Waals surface area contributed by atoms with Crippen molar-refractivity contribution in [2.24, 2.45) is 0 Å². The quantitative estimate of drug-likeness (QED) is 0.738. The summed E-state index contributed by atoms with van der Waals surface area (Å²) in [6.45, 7) is 0.264. The second kappa shape index (κ2) is 7.33. The van der Waals surface area contributed by atoms with Gasteiger partial charge in [0.1, 0.15) is 6.29 Å². The van der Waals surface area contributed by atoms with Crippen molar-refractivity contribution >= 4 is 16.3 Å². The maximum Gasteiger partial charge on any atom is 0.242 e. The standard InChI is InChI=1S/C17H19NO3S/c1-18(22(20,21)17-10-6-3-7-11-17)14-16(12-13-19)15-8-4-2-5-9-15/h2-11,13,16H,12,14H2,1H3/t16-/m0/s1. The molecule has 1 atom stereocenters. The van der Waals surface area contributed by atoms with Gasteiger partial charge in [0.25, 0.3) is 0 Å². The summed E-state index contributed by atoms with van der Waals surface area (Å²) in [5, 5.41) is 0. The number of aldehydes is 1. The zero-order valence-electron chi connectivity index (χ0n) is 12.4. The number of carbonyl (C=O) groups excluding carboxylic acids is 1. The van der Waals surface area contributed by atoms with Crippen LogP contribution in [0.25, 0.3) is 0 Å². The van der Waals surface area contributed by atoms with Gasteiger partial charge in [0.2, 0.25) is 10.0 Å². The van der Waals surface area contributed by atoms with Gasteiger partial charge >= 0.3 is 0 Å².